The molecule has 1 saturated heterocycles. The average molecular weight is 410 g/mol. The lowest BCUT2D eigenvalue weighted by molar-refractivity contribution is -0.384. The number of anilines is 1. The number of ether oxygens (including phenoxy) is 1. The van der Waals surface area contributed by atoms with Crippen LogP contribution >= 0.6 is 0 Å². The molecular weight excluding hydrogens is 392 g/mol. The van der Waals surface area contributed by atoms with Crippen LogP contribution in [0.4, 0.5) is 11.4 Å². The van der Waals surface area contributed by atoms with E-state index in [2.05, 4.69) is 0 Å². The monoisotopic (exact) mass is 410 g/mol. The van der Waals surface area contributed by atoms with Crippen LogP contribution < -0.4 is 9.04 Å². The fourth-order valence-electron chi connectivity index (χ4n) is 3.64. The molecule has 3 aromatic rings. The van der Waals surface area contributed by atoms with Gasteiger partial charge in [-0.1, -0.05) is 42.5 Å². The fourth-order valence-corrected chi connectivity index (χ4v) is 5.77. The number of sulfonamides is 1. The molecule has 0 unspecified atom stereocenters. The van der Waals surface area contributed by atoms with Gasteiger partial charge in [-0.25, -0.2) is 8.42 Å². The third-order valence-electron chi connectivity index (χ3n) is 5.03. The van der Waals surface area contributed by atoms with Crippen LogP contribution in [0.3, 0.4) is 0 Å². The lowest BCUT2D eigenvalue weighted by Gasteiger charge is -2.48. The first-order valence-electron chi connectivity index (χ1n) is 8.90. The Hall–Kier alpha value is -3.39. The zero-order chi connectivity index (χ0) is 20.6. The van der Waals surface area contributed by atoms with Crippen LogP contribution in [0.25, 0.3) is 0 Å². The number of rotatable bonds is 5. The molecule has 0 spiro atoms. The molecule has 8 heteroatoms. The van der Waals surface area contributed by atoms with Crippen LogP contribution in [0, 0.1) is 10.1 Å². The Labute approximate surface area is 168 Å². The summed E-state index contributed by atoms with van der Waals surface area (Å²) in [5.41, 5.74) is 1.85. The Morgan fingerprint density at radius 3 is 2.07 bits per heavy atom. The van der Waals surface area contributed by atoms with Gasteiger partial charge in [0.25, 0.3) is 5.69 Å². The van der Waals surface area contributed by atoms with Crippen LogP contribution in [0.5, 0.6) is 5.75 Å². The van der Waals surface area contributed by atoms with E-state index >= 15 is 0 Å². The van der Waals surface area contributed by atoms with Gasteiger partial charge in [0, 0.05) is 12.1 Å². The summed E-state index contributed by atoms with van der Waals surface area (Å²) in [5, 5.41) is 10.2. The number of hydrogen-bond acceptors (Lipinski definition) is 5. The quantitative estimate of drug-likeness (QED) is 0.464. The lowest BCUT2D eigenvalue weighted by atomic mass is 9.96. The smallest absolute Gasteiger partial charge is 0.269 e. The summed E-state index contributed by atoms with van der Waals surface area (Å²) in [6, 6.07) is 21.3. The summed E-state index contributed by atoms with van der Waals surface area (Å²) in [4.78, 5) is 10.5. The molecule has 1 heterocycles. The molecule has 1 aliphatic heterocycles. The van der Waals surface area contributed by atoms with E-state index in [4.69, 9.17) is 4.74 Å². The molecule has 0 aliphatic carbocycles. The SMILES string of the molecule is COc1ccc(N2[C@H](c3ccc([N+](=O)[O-])cc3)[C@H](c3ccccc3)S2(=O)=O)cc1. The second kappa shape index (κ2) is 7.21. The molecule has 0 N–H and O–H groups in total. The largest absolute Gasteiger partial charge is 0.497 e. The zero-order valence-corrected chi connectivity index (χ0v) is 16.3. The summed E-state index contributed by atoms with van der Waals surface area (Å²) >= 11 is 0. The van der Waals surface area contributed by atoms with Gasteiger partial charge in [0.15, 0.2) is 0 Å². The minimum Gasteiger partial charge on any atom is -0.497 e. The van der Waals surface area contributed by atoms with Gasteiger partial charge in [-0.15, -0.1) is 0 Å². The number of non-ortho nitro benzene ring substituents is 1. The maximum absolute atomic E-state index is 13.2. The molecule has 0 saturated carbocycles. The lowest BCUT2D eigenvalue weighted by Crippen LogP contribution is -2.53. The molecule has 3 aromatic carbocycles. The maximum Gasteiger partial charge on any atom is 0.269 e. The molecular formula is C21H18N2O5S. The van der Waals surface area contributed by atoms with Gasteiger partial charge in [0.2, 0.25) is 10.0 Å². The van der Waals surface area contributed by atoms with Gasteiger partial charge >= 0.3 is 0 Å². The second-order valence-corrected chi connectivity index (χ2v) is 8.59. The van der Waals surface area contributed by atoms with Crippen LogP contribution in [-0.4, -0.2) is 20.5 Å². The number of hydrogen-bond donors (Lipinski definition) is 0. The predicted octanol–water partition coefficient (Wildman–Crippen LogP) is 4.24. The first-order chi connectivity index (χ1) is 13.9. The van der Waals surface area contributed by atoms with Crippen molar-refractivity contribution >= 4 is 21.4 Å². The first kappa shape index (κ1) is 18.9. The third-order valence-corrected chi connectivity index (χ3v) is 7.19. The van der Waals surface area contributed by atoms with E-state index in [1.165, 1.54) is 16.4 Å². The van der Waals surface area contributed by atoms with Gasteiger partial charge in [-0.3, -0.25) is 14.4 Å². The molecule has 148 valence electrons. The molecule has 0 radical (unpaired) electrons. The molecule has 1 aliphatic rings. The van der Waals surface area contributed by atoms with Gasteiger partial charge in [-0.05, 0) is 35.4 Å². The number of benzene rings is 3. The Kier molecular flexibility index (Phi) is 4.71. The highest BCUT2D eigenvalue weighted by Crippen LogP contribution is 2.54. The van der Waals surface area contributed by atoms with Crippen molar-refractivity contribution in [2.24, 2.45) is 0 Å². The number of methoxy groups -OCH3 is 1. The molecule has 0 amide bonds. The van der Waals surface area contributed by atoms with Crippen LogP contribution in [0.15, 0.2) is 78.9 Å². The van der Waals surface area contributed by atoms with Crippen LogP contribution in [0.2, 0.25) is 0 Å². The van der Waals surface area contributed by atoms with E-state index in [9.17, 15) is 18.5 Å². The summed E-state index contributed by atoms with van der Waals surface area (Å²) in [5.74, 6) is 0.623. The summed E-state index contributed by atoms with van der Waals surface area (Å²) < 4.78 is 33.0. The molecule has 4 rings (SSSR count). The van der Waals surface area contributed by atoms with E-state index < -0.39 is 26.2 Å². The van der Waals surface area contributed by atoms with E-state index in [-0.39, 0.29) is 5.69 Å². The Bertz CT molecular complexity index is 1130. The van der Waals surface area contributed by atoms with Crippen molar-refractivity contribution in [2.75, 3.05) is 11.4 Å². The highest BCUT2D eigenvalue weighted by Gasteiger charge is 2.55. The number of nitrogens with zero attached hydrogens (tertiary/aromatic N) is 2. The highest BCUT2D eigenvalue weighted by molar-refractivity contribution is 7.94. The molecule has 29 heavy (non-hydrogen) atoms. The standard InChI is InChI=1S/C21H18N2O5S/c1-28-19-13-11-17(12-14-19)22-20(15-7-9-18(10-8-15)23(24)25)21(29(22,26)27)16-5-3-2-4-6-16/h2-14,20-21H,1H3/t20-,21+/m1/s1. The van der Waals surface area contributed by atoms with Crippen molar-refractivity contribution in [1.29, 1.82) is 0 Å². The van der Waals surface area contributed by atoms with Gasteiger partial charge in [0.1, 0.15) is 11.0 Å². The molecule has 0 bridgehead atoms. The number of nitro groups is 1. The van der Waals surface area contributed by atoms with E-state index in [1.54, 1.807) is 67.8 Å². The normalized spacial score (nSPS) is 20.0. The van der Waals surface area contributed by atoms with Gasteiger partial charge in [-0.2, -0.15) is 0 Å². The number of nitro benzene ring substituents is 1. The van der Waals surface area contributed by atoms with Crippen molar-refractivity contribution in [3.8, 4) is 5.75 Å². The Morgan fingerprint density at radius 1 is 0.897 bits per heavy atom. The summed E-state index contributed by atoms with van der Waals surface area (Å²) in [7, 11) is -2.11. The third kappa shape index (κ3) is 3.21. The maximum atomic E-state index is 13.2. The minimum absolute atomic E-state index is 0.0387. The summed E-state index contributed by atoms with van der Waals surface area (Å²) in [6.07, 6.45) is 0. The molecule has 2 atom stereocenters. The predicted molar refractivity (Wildman–Crippen MR) is 109 cm³/mol. The van der Waals surface area contributed by atoms with Gasteiger partial charge in [0.05, 0.1) is 23.8 Å². The van der Waals surface area contributed by atoms with Crippen molar-refractivity contribution in [2.45, 2.75) is 11.3 Å². The highest BCUT2D eigenvalue weighted by atomic mass is 32.2. The first-order valence-corrected chi connectivity index (χ1v) is 10.4. The molecule has 0 aromatic heterocycles. The van der Waals surface area contributed by atoms with E-state index in [0.717, 1.165) is 0 Å². The fraction of sp³-hybridized carbons (Fsp3) is 0.143. The van der Waals surface area contributed by atoms with Crippen molar-refractivity contribution < 1.29 is 18.1 Å². The van der Waals surface area contributed by atoms with Crippen molar-refractivity contribution in [3.63, 3.8) is 0 Å². The average Bonchev–Trinajstić information content (AvgIpc) is 2.73. The summed E-state index contributed by atoms with van der Waals surface area (Å²) in [6.45, 7) is 0. The molecule has 7 nitrogen and oxygen atoms in total. The van der Waals surface area contributed by atoms with Crippen molar-refractivity contribution in [3.05, 3.63) is 100 Å². The zero-order valence-electron chi connectivity index (χ0n) is 15.5. The van der Waals surface area contributed by atoms with Gasteiger partial charge < -0.3 is 4.74 Å². The van der Waals surface area contributed by atoms with E-state index in [0.29, 0.717) is 22.6 Å². The topological polar surface area (TPSA) is 89.8 Å². The second-order valence-electron chi connectivity index (χ2n) is 6.66. The molecule has 1 fully saturated rings. The Morgan fingerprint density at radius 2 is 1.52 bits per heavy atom. The van der Waals surface area contributed by atoms with Crippen LogP contribution in [0.1, 0.15) is 22.4 Å². The van der Waals surface area contributed by atoms with Crippen molar-refractivity contribution in [1.82, 2.24) is 0 Å². The minimum atomic E-state index is -3.65. The van der Waals surface area contributed by atoms with Crippen LogP contribution in [-0.2, 0) is 10.0 Å². The Balaban J connectivity index is 1.81. The van der Waals surface area contributed by atoms with E-state index in [1.807, 2.05) is 6.07 Å².